The molecular formula is C16H24FNO. The van der Waals surface area contributed by atoms with Crippen LogP contribution in [0.2, 0.25) is 0 Å². The van der Waals surface area contributed by atoms with Crippen LogP contribution in [0.5, 0.6) is 5.75 Å². The summed E-state index contributed by atoms with van der Waals surface area (Å²) in [7, 11) is 0. The van der Waals surface area contributed by atoms with Crippen LogP contribution < -0.4 is 0 Å². The van der Waals surface area contributed by atoms with Crippen molar-refractivity contribution >= 4 is 0 Å². The van der Waals surface area contributed by atoms with E-state index in [1.807, 2.05) is 6.92 Å². The van der Waals surface area contributed by atoms with Crippen LogP contribution in [0.1, 0.15) is 51.6 Å². The van der Waals surface area contributed by atoms with Gasteiger partial charge in [0.05, 0.1) is 0 Å². The number of benzene rings is 1. The molecule has 0 aromatic heterocycles. The van der Waals surface area contributed by atoms with E-state index in [1.165, 1.54) is 24.6 Å². The van der Waals surface area contributed by atoms with E-state index in [0.717, 1.165) is 25.9 Å². The minimum Gasteiger partial charge on any atom is -0.508 e. The first-order chi connectivity index (χ1) is 8.89. The monoisotopic (exact) mass is 265 g/mol. The van der Waals surface area contributed by atoms with Crippen LogP contribution in [-0.4, -0.2) is 23.1 Å². The van der Waals surface area contributed by atoms with E-state index in [1.54, 1.807) is 0 Å². The first-order valence-electron chi connectivity index (χ1n) is 7.11. The minimum atomic E-state index is -0.283. The molecule has 0 amide bonds. The van der Waals surface area contributed by atoms with E-state index in [9.17, 15) is 9.50 Å². The number of halogens is 1. The molecule has 1 aromatic carbocycles. The summed E-state index contributed by atoms with van der Waals surface area (Å²) in [6.45, 7) is 8.68. The third kappa shape index (κ3) is 3.47. The Morgan fingerprint density at radius 1 is 1.26 bits per heavy atom. The predicted molar refractivity (Wildman–Crippen MR) is 75.7 cm³/mol. The van der Waals surface area contributed by atoms with Gasteiger partial charge in [0.2, 0.25) is 0 Å². The van der Waals surface area contributed by atoms with Crippen molar-refractivity contribution in [3.63, 3.8) is 0 Å². The quantitative estimate of drug-likeness (QED) is 0.870. The smallest absolute Gasteiger partial charge is 0.123 e. The average molecular weight is 265 g/mol. The average Bonchev–Trinajstić information content (AvgIpc) is 2.52. The molecule has 1 atom stereocenters. The molecule has 1 saturated heterocycles. The number of phenolic OH excluding ortho intramolecular Hbond substituents is 1. The zero-order chi connectivity index (χ0) is 14.0. The van der Waals surface area contributed by atoms with Gasteiger partial charge in [-0.05, 0) is 62.9 Å². The second-order valence-corrected chi connectivity index (χ2v) is 6.43. The van der Waals surface area contributed by atoms with Crippen LogP contribution in [0.25, 0.3) is 0 Å². The van der Waals surface area contributed by atoms with Gasteiger partial charge in [0.1, 0.15) is 11.6 Å². The zero-order valence-corrected chi connectivity index (χ0v) is 12.1. The summed E-state index contributed by atoms with van der Waals surface area (Å²) in [6, 6.07) is 4.26. The summed E-state index contributed by atoms with van der Waals surface area (Å²) in [5.41, 5.74) is 1.08. The van der Waals surface area contributed by atoms with Gasteiger partial charge in [0.15, 0.2) is 0 Å². The fourth-order valence-corrected chi connectivity index (χ4v) is 2.89. The van der Waals surface area contributed by atoms with Crippen molar-refractivity contribution < 1.29 is 9.50 Å². The molecule has 1 aliphatic rings. The lowest BCUT2D eigenvalue weighted by atomic mass is 9.85. The molecule has 1 aromatic rings. The molecule has 19 heavy (non-hydrogen) atoms. The van der Waals surface area contributed by atoms with Crippen molar-refractivity contribution in [2.75, 3.05) is 13.1 Å². The molecule has 0 aliphatic carbocycles. The molecule has 2 nitrogen and oxygen atoms in total. The van der Waals surface area contributed by atoms with Gasteiger partial charge in [0.25, 0.3) is 0 Å². The topological polar surface area (TPSA) is 23.5 Å². The van der Waals surface area contributed by atoms with Gasteiger partial charge in [-0.15, -0.1) is 0 Å². The second-order valence-electron chi connectivity index (χ2n) is 6.43. The van der Waals surface area contributed by atoms with Crippen LogP contribution in [0.15, 0.2) is 18.2 Å². The van der Waals surface area contributed by atoms with Crippen molar-refractivity contribution in [2.45, 2.75) is 46.1 Å². The normalized spacial score (nSPS) is 21.9. The molecule has 0 radical (unpaired) electrons. The lowest BCUT2D eigenvalue weighted by Crippen LogP contribution is -2.28. The van der Waals surface area contributed by atoms with Gasteiger partial charge < -0.3 is 5.11 Å². The first kappa shape index (κ1) is 14.3. The SMILES string of the molecule is CC(c1cc(F)ccc1O)N1CCCC(C)(C)CC1. The summed E-state index contributed by atoms with van der Waals surface area (Å²) < 4.78 is 13.3. The maximum atomic E-state index is 13.3. The maximum Gasteiger partial charge on any atom is 0.123 e. The molecule has 2 rings (SSSR count). The lowest BCUT2D eigenvalue weighted by Gasteiger charge is -2.29. The third-order valence-corrected chi connectivity index (χ3v) is 4.36. The highest BCUT2D eigenvalue weighted by molar-refractivity contribution is 5.35. The molecule has 1 unspecified atom stereocenters. The minimum absolute atomic E-state index is 0.0598. The highest BCUT2D eigenvalue weighted by atomic mass is 19.1. The Balaban J connectivity index is 2.15. The van der Waals surface area contributed by atoms with Gasteiger partial charge in [-0.2, -0.15) is 0 Å². The Labute approximate surface area is 115 Å². The molecule has 0 spiro atoms. The predicted octanol–water partition coefficient (Wildman–Crippen LogP) is 4.10. The number of hydrogen-bond donors (Lipinski definition) is 1. The molecule has 1 fully saturated rings. The third-order valence-electron chi connectivity index (χ3n) is 4.36. The van der Waals surface area contributed by atoms with Crippen molar-refractivity contribution in [2.24, 2.45) is 5.41 Å². The van der Waals surface area contributed by atoms with Crippen LogP contribution in [0, 0.1) is 11.2 Å². The van der Waals surface area contributed by atoms with Crippen LogP contribution in [0.3, 0.4) is 0 Å². The Hall–Kier alpha value is -1.09. The lowest BCUT2D eigenvalue weighted by molar-refractivity contribution is 0.205. The van der Waals surface area contributed by atoms with Crippen molar-refractivity contribution in [3.8, 4) is 5.75 Å². The van der Waals surface area contributed by atoms with Crippen molar-refractivity contribution in [3.05, 3.63) is 29.6 Å². The molecular weight excluding hydrogens is 241 g/mol. The van der Waals surface area contributed by atoms with E-state index in [2.05, 4.69) is 18.7 Å². The van der Waals surface area contributed by atoms with Crippen LogP contribution in [-0.2, 0) is 0 Å². The number of likely N-dealkylation sites (tertiary alicyclic amines) is 1. The Bertz CT molecular complexity index is 444. The van der Waals surface area contributed by atoms with Gasteiger partial charge in [-0.3, -0.25) is 4.90 Å². The molecule has 1 heterocycles. The summed E-state index contributed by atoms with van der Waals surface area (Å²) >= 11 is 0. The maximum absolute atomic E-state index is 13.3. The van der Waals surface area contributed by atoms with Crippen LogP contribution in [0.4, 0.5) is 4.39 Å². The van der Waals surface area contributed by atoms with Crippen molar-refractivity contribution in [1.29, 1.82) is 0 Å². The fourth-order valence-electron chi connectivity index (χ4n) is 2.89. The first-order valence-corrected chi connectivity index (χ1v) is 7.11. The van der Waals surface area contributed by atoms with E-state index in [4.69, 9.17) is 0 Å². The number of rotatable bonds is 2. The number of aromatic hydroxyl groups is 1. The molecule has 0 bridgehead atoms. The molecule has 1 N–H and O–H groups in total. The fraction of sp³-hybridized carbons (Fsp3) is 0.625. The van der Waals surface area contributed by atoms with Gasteiger partial charge >= 0.3 is 0 Å². The number of hydrogen-bond acceptors (Lipinski definition) is 2. The Morgan fingerprint density at radius 2 is 2.00 bits per heavy atom. The van der Waals surface area contributed by atoms with Crippen LogP contribution >= 0.6 is 0 Å². The summed E-state index contributed by atoms with van der Waals surface area (Å²) in [5, 5.41) is 9.92. The zero-order valence-electron chi connectivity index (χ0n) is 12.1. The molecule has 3 heteroatoms. The van der Waals surface area contributed by atoms with E-state index in [-0.39, 0.29) is 17.6 Å². The van der Waals surface area contributed by atoms with Gasteiger partial charge in [0, 0.05) is 11.6 Å². The highest BCUT2D eigenvalue weighted by Gasteiger charge is 2.26. The van der Waals surface area contributed by atoms with Crippen molar-refractivity contribution in [1.82, 2.24) is 4.90 Å². The van der Waals surface area contributed by atoms with Gasteiger partial charge in [-0.1, -0.05) is 13.8 Å². The molecule has 0 saturated carbocycles. The molecule has 106 valence electrons. The standard InChI is InChI=1S/C16H24FNO/c1-12(14-11-13(17)5-6-15(14)19)18-9-4-7-16(2,3)8-10-18/h5-6,11-12,19H,4,7-10H2,1-3H3. The van der Waals surface area contributed by atoms with Gasteiger partial charge in [-0.25, -0.2) is 4.39 Å². The van der Waals surface area contributed by atoms with E-state index >= 15 is 0 Å². The summed E-state index contributed by atoms with van der Waals surface area (Å²) in [5.74, 6) is -0.0905. The Morgan fingerprint density at radius 3 is 2.74 bits per heavy atom. The number of phenols is 1. The summed E-state index contributed by atoms with van der Waals surface area (Å²) in [4.78, 5) is 2.35. The summed E-state index contributed by atoms with van der Waals surface area (Å²) in [6.07, 6.45) is 3.53. The van der Waals surface area contributed by atoms with E-state index < -0.39 is 0 Å². The molecule has 1 aliphatic heterocycles. The highest BCUT2D eigenvalue weighted by Crippen LogP contribution is 2.35. The Kier molecular flexibility index (Phi) is 4.14. The largest absolute Gasteiger partial charge is 0.508 e. The van der Waals surface area contributed by atoms with E-state index in [0.29, 0.717) is 11.0 Å². The number of nitrogens with zero attached hydrogens (tertiary/aromatic N) is 1. The second kappa shape index (κ2) is 5.49.